The van der Waals surface area contributed by atoms with Crippen molar-refractivity contribution >= 4 is 11.8 Å². The van der Waals surface area contributed by atoms with Crippen molar-refractivity contribution in [3.05, 3.63) is 42.0 Å². The molecule has 0 radical (unpaired) electrons. The average Bonchev–Trinajstić information content (AvgIpc) is 2.94. The maximum atomic E-state index is 4.35. The van der Waals surface area contributed by atoms with Gasteiger partial charge >= 0.3 is 0 Å². The lowest BCUT2D eigenvalue weighted by Gasteiger charge is -2.09. The molecule has 0 saturated heterocycles. The van der Waals surface area contributed by atoms with Gasteiger partial charge in [-0.25, -0.2) is 9.67 Å². The predicted octanol–water partition coefficient (Wildman–Crippen LogP) is 3.65. The van der Waals surface area contributed by atoms with Crippen LogP contribution in [0.25, 0.3) is 0 Å². The number of rotatable bonds is 8. The number of hydrogen-bond donors (Lipinski definition) is 1. The molecule has 0 unspecified atom stereocenters. The van der Waals surface area contributed by atoms with Crippen molar-refractivity contribution in [1.29, 1.82) is 0 Å². The number of hydrogen-bond acceptors (Lipinski definition) is 4. The van der Waals surface area contributed by atoms with E-state index in [4.69, 9.17) is 0 Å². The van der Waals surface area contributed by atoms with Crippen molar-refractivity contribution in [1.82, 2.24) is 20.1 Å². The van der Waals surface area contributed by atoms with E-state index in [2.05, 4.69) is 60.4 Å². The Balaban J connectivity index is 1.93. The Morgan fingerprint density at radius 1 is 1.33 bits per heavy atom. The molecule has 0 atom stereocenters. The minimum atomic E-state index is 0.354. The van der Waals surface area contributed by atoms with E-state index in [1.54, 1.807) is 6.33 Å². The van der Waals surface area contributed by atoms with Crippen LogP contribution in [0.2, 0.25) is 0 Å². The van der Waals surface area contributed by atoms with Gasteiger partial charge in [0.15, 0.2) is 0 Å². The third-order valence-corrected chi connectivity index (χ3v) is 4.15. The van der Waals surface area contributed by atoms with Crippen molar-refractivity contribution < 1.29 is 0 Å². The highest BCUT2D eigenvalue weighted by atomic mass is 32.2. The highest BCUT2D eigenvalue weighted by Gasteiger charge is 2.08. The van der Waals surface area contributed by atoms with E-state index in [0.717, 1.165) is 24.7 Å². The quantitative estimate of drug-likeness (QED) is 0.597. The molecule has 0 saturated carbocycles. The summed E-state index contributed by atoms with van der Waals surface area (Å²) >= 11 is 1.81. The van der Waals surface area contributed by atoms with E-state index in [9.17, 15) is 0 Å². The fraction of sp³-hybridized carbons (Fsp3) is 0.500. The summed E-state index contributed by atoms with van der Waals surface area (Å²) in [5, 5.41) is 7.71. The van der Waals surface area contributed by atoms with Crippen molar-refractivity contribution in [3.63, 3.8) is 0 Å². The maximum absolute atomic E-state index is 4.35. The smallest absolute Gasteiger partial charge is 0.138 e. The minimum Gasteiger partial charge on any atom is -0.313 e. The molecular weight excluding hydrogens is 280 g/mol. The number of benzene rings is 1. The summed E-state index contributed by atoms with van der Waals surface area (Å²) in [6.07, 6.45) is 2.81. The lowest BCUT2D eigenvalue weighted by Crippen LogP contribution is -2.13. The van der Waals surface area contributed by atoms with E-state index >= 15 is 0 Å². The molecule has 2 aromatic rings. The van der Waals surface area contributed by atoms with Gasteiger partial charge in [-0.1, -0.05) is 19.1 Å². The maximum Gasteiger partial charge on any atom is 0.138 e. The second-order valence-corrected chi connectivity index (χ2v) is 6.38. The highest BCUT2D eigenvalue weighted by Crippen LogP contribution is 2.23. The molecule has 1 aromatic carbocycles. The van der Waals surface area contributed by atoms with Crippen LogP contribution in [0.4, 0.5) is 0 Å². The fourth-order valence-electron chi connectivity index (χ4n) is 2.11. The molecule has 0 spiro atoms. The van der Waals surface area contributed by atoms with E-state index in [1.165, 1.54) is 16.9 Å². The van der Waals surface area contributed by atoms with Crippen molar-refractivity contribution in [3.8, 4) is 0 Å². The molecule has 0 amide bonds. The van der Waals surface area contributed by atoms with Crippen LogP contribution in [0.3, 0.4) is 0 Å². The summed E-state index contributed by atoms with van der Waals surface area (Å²) in [7, 11) is 0. The van der Waals surface area contributed by atoms with Gasteiger partial charge in [-0.2, -0.15) is 5.10 Å². The van der Waals surface area contributed by atoms with Gasteiger partial charge in [0.1, 0.15) is 12.2 Å². The monoisotopic (exact) mass is 304 g/mol. The molecule has 4 nitrogen and oxygen atoms in total. The molecule has 0 aliphatic rings. The lowest BCUT2D eigenvalue weighted by molar-refractivity contribution is 0.514. The fourth-order valence-corrected chi connectivity index (χ4v) is 3.02. The Morgan fingerprint density at radius 3 is 2.95 bits per heavy atom. The lowest BCUT2D eigenvalue weighted by atomic mass is 10.2. The second-order valence-electron chi connectivity index (χ2n) is 5.33. The summed E-state index contributed by atoms with van der Waals surface area (Å²) in [6, 6.07) is 9.06. The third kappa shape index (κ3) is 4.86. The molecule has 0 aliphatic carbocycles. The normalized spacial score (nSPS) is 11.2. The van der Waals surface area contributed by atoms with Gasteiger partial charge in [-0.3, -0.25) is 0 Å². The summed E-state index contributed by atoms with van der Waals surface area (Å²) in [5.41, 5.74) is 1.33. The summed E-state index contributed by atoms with van der Waals surface area (Å²) in [6.45, 7) is 8.44. The van der Waals surface area contributed by atoms with Gasteiger partial charge in [-0.05, 0) is 44.5 Å². The molecule has 0 bridgehead atoms. The minimum absolute atomic E-state index is 0.354. The van der Waals surface area contributed by atoms with Gasteiger partial charge in [0.25, 0.3) is 0 Å². The molecule has 2 rings (SSSR count). The topological polar surface area (TPSA) is 42.7 Å². The molecule has 0 aliphatic heterocycles. The standard InChI is InChI=1S/C16H24N4S/c1-4-8-17-10-14-6-5-7-15(9-14)21-11-16-18-12-19-20(16)13(2)3/h5-7,9,12-13,17H,4,8,10-11H2,1-3H3. The van der Waals surface area contributed by atoms with Crippen molar-refractivity contribution in [2.75, 3.05) is 6.54 Å². The zero-order chi connectivity index (χ0) is 15.1. The van der Waals surface area contributed by atoms with Crippen molar-refractivity contribution in [2.45, 2.75) is 50.4 Å². The number of aromatic nitrogens is 3. The first-order valence-electron chi connectivity index (χ1n) is 7.51. The molecule has 1 aromatic heterocycles. The van der Waals surface area contributed by atoms with Gasteiger partial charge in [0.2, 0.25) is 0 Å². The summed E-state index contributed by atoms with van der Waals surface area (Å²) in [4.78, 5) is 5.64. The van der Waals surface area contributed by atoms with Gasteiger partial charge < -0.3 is 5.32 Å². The molecule has 21 heavy (non-hydrogen) atoms. The van der Waals surface area contributed by atoms with Crippen LogP contribution in [-0.2, 0) is 12.3 Å². The van der Waals surface area contributed by atoms with E-state index in [0.29, 0.717) is 6.04 Å². The van der Waals surface area contributed by atoms with Crippen LogP contribution in [0.1, 0.15) is 44.6 Å². The third-order valence-electron chi connectivity index (χ3n) is 3.16. The summed E-state index contributed by atoms with van der Waals surface area (Å²) in [5.74, 6) is 1.88. The largest absolute Gasteiger partial charge is 0.313 e. The van der Waals surface area contributed by atoms with Crippen LogP contribution in [0.5, 0.6) is 0 Å². The van der Waals surface area contributed by atoms with Gasteiger partial charge in [0, 0.05) is 17.5 Å². The second kappa shape index (κ2) is 8.20. The summed E-state index contributed by atoms with van der Waals surface area (Å²) < 4.78 is 1.99. The van der Waals surface area contributed by atoms with E-state index < -0.39 is 0 Å². The predicted molar refractivity (Wildman–Crippen MR) is 88.4 cm³/mol. The van der Waals surface area contributed by atoms with Crippen LogP contribution < -0.4 is 5.32 Å². The van der Waals surface area contributed by atoms with Crippen molar-refractivity contribution in [2.24, 2.45) is 0 Å². The Bertz CT molecular complexity index is 551. The Kier molecular flexibility index (Phi) is 6.26. The molecular formula is C16H24N4S. The zero-order valence-corrected chi connectivity index (χ0v) is 13.9. The first kappa shape index (κ1) is 16.0. The molecule has 1 heterocycles. The first-order chi connectivity index (χ1) is 10.2. The molecule has 5 heteroatoms. The SMILES string of the molecule is CCCNCc1cccc(SCc2ncnn2C(C)C)c1. The molecule has 114 valence electrons. The first-order valence-corrected chi connectivity index (χ1v) is 8.50. The van der Waals surface area contributed by atoms with Gasteiger partial charge in [0.05, 0.1) is 5.75 Å². The van der Waals surface area contributed by atoms with Crippen LogP contribution in [0, 0.1) is 0 Å². The van der Waals surface area contributed by atoms with E-state index in [-0.39, 0.29) is 0 Å². The Labute approximate surface area is 131 Å². The number of thioether (sulfide) groups is 1. The van der Waals surface area contributed by atoms with E-state index in [1.807, 2.05) is 16.4 Å². The van der Waals surface area contributed by atoms with Gasteiger partial charge in [-0.15, -0.1) is 11.8 Å². The Hall–Kier alpha value is -1.33. The molecule has 0 fully saturated rings. The van der Waals surface area contributed by atoms with Crippen LogP contribution in [-0.4, -0.2) is 21.3 Å². The average molecular weight is 304 g/mol. The Morgan fingerprint density at radius 2 is 2.19 bits per heavy atom. The molecule has 1 N–H and O–H groups in total. The number of nitrogens with zero attached hydrogens (tertiary/aromatic N) is 3. The van der Waals surface area contributed by atoms with Crippen LogP contribution in [0.15, 0.2) is 35.5 Å². The van der Waals surface area contributed by atoms with Crippen LogP contribution >= 0.6 is 11.8 Å². The number of nitrogens with one attached hydrogen (secondary N) is 1. The zero-order valence-electron chi connectivity index (χ0n) is 13.0. The highest BCUT2D eigenvalue weighted by molar-refractivity contribution is 7.98.